The van der Waals surface area contributed by atoms with E-state index >= 15 is 0 Å². The molecule has 4 rings (SSSR count). The van der Waals surface area contributed by atoms with Gasteiger partial charge in [0.15, 0.2) is 0 Å². The van der Waals surface area contributed by atoms with Crippen LogP contribution >= 0.6 is 0 Å². The summed E-state index contributed by atoms with van der Waals surface area (Å²) in [6.45, 7) is 7.23. The lowest BCUT2D eigenvalue weighted by molar-refractivity contribution is -0.121. The maximum Gasteiger partial charge on any atom is 0.266 e. The number of carbonyl (C=O) groups is 1. The van der Waals surface area contributed by atoms with Gasteiger partial charge in [0.05, 0.1) is 18.0 Å². The third-order valence-corrected chi connectivity index (χ3v) is 12.6. The molecule has 37 heavy (non-hydrogen) atoms. The van der Waals surface area contributed by atoms with Crippen LogP contribution in [0.4, 0.5) is 0 Å². The molecule has 4 fully saturated rings. The zero-order valence-electron chi connectivity index (χ0n) is 23.5. The van der Waals surface area contributed by atoms with E-state index in [-0.39, 0.29) is 29.4 Å². The normalized spacial score (nSPS) is 43.0. The Kier molecular flexibility index (Phi) is 9.04. The van der Waals surface area contributed by atoms with Crippen LogP contribution < -0.4 is 5.32 Å². The molecule has 0 aromatic rings. The molecule has 0 aromatic heterocycles. The maximum atomic E-state index is 12.3. The summed E-state index contributed by atoms with van der Waals surface area (Å²) in [6.07, 6.45) is 12.7. The van der Waals surface area contributed by atoms with Crippen LogP contribution in [-0.2, 0) is 19.6 Å². The highest BCUT2D eigenvalue weighted by Gasteiger charge is 2.56. The van der Waals surface area contributed by atoms with E-state index in [1.165, 1.54) is 32.1 Å². The number of methoxy groups -OCH3 is 1. The summed E-state index contributed by atoms with van der Waals surface area (Å²) < 4.78 is 36.5. The molecule has 0 heterocycles. The zero-order valence-corrected chi connectivity index (χ0v) is 24.3. The van der Waals surface area contributed by atoms with Gasteiger partial charge in [-0.25, -0.2) is 0 Å². The first-order valence-electron chi connectivity index (χ1n) is 14.8. The van der Waals surface area contributed by atoms with Gasteiger partial charge in [-0.2, -0.15) is 8.42 Å². The number of nitrogens with one attached hydrogen (secondary N) is 1. The van der Waals surface area contributed by atoms with E-state index in [9.17, 15) is 18.3 Å². The molecule has 4 aliphatic rings. The Morgan fingerprint density at radius 2 is 1.76 bits per heavy atom. The average molecular weight is 542 g/mol. The van der Waals surface area contributed by atoms with E-state index in [1.807, 2.05) is 7.11 Å². The number of fused-ring (bicyclic) bond motifs is 7. The Hall–Kier alpha value is -0.700. The summed E-state index contributed by atoms with van der Waals surface area (Å²) in [6, 6.07) is 0. The quantitative estimate of drug-likeness (QED) is 0.379. The molecule has 8 heteroatoms. The SMILES string of the molecule is CO[C@@H]1CC[C@]2(C)[C@@H]3CC[C@H]([C@H](O)C[C@@H]2C1)[C@@H]1CC[C@H]([C@H](C)CCC(=O)NCCS(=O)(=O)O)[C@@]1(C)CC3. The second-order valence-electron chi connectivity index (χ2n) is 13.6. The summed E-state index contributed by atoms with van der Waals surface area (Å²) in [5.41, 5.74) is 0.460. The Morgan fingerprint density at radius 3 is 2.46 bits per heavy atom. The van der Waals surface area contributed by atoms with Crippen LogP contribution in [0, 0.1) is 46.3 Å². The van der Waals surface area contributed by atoms with Crippen molar-refractivity contribution < 1.29 is 27.6 Å². The zero-order chi connectivity index (χ0) is 27.0. The van der Waals surface area contributed by atoms with Gasteiger partial charge in [-0.05, 0) is 117 Å². The molecule has 0 unspecified atom stereocenters. The lowest BCUT2D eigenvalue weighted by Crippen LogP contribution is -2.50. The number of hydrogen-bond acceptors (Lipinski definition) is 5. The Balaban J connectivity index is 1.45. The first-order valence-corrected chi connectivity index (χ1v) is 16.4. The third-order valence-electron chi connectivity index (χ3n) is 11.8. The lowest BCUT2D eigenvalue weighted by atomic mass is 9.50. The highest BCUT2D eigenvalue weighted by Crippen LogP contribution is 2.63. The predicted molar refractivity (Wildman–Crippen MR) is 144 cm³/mol. The van der Waals surface area contributed by atoms with Crippen molar-refractivity contribution >= 4 is 16.0 Å². The van der Waals surface area contributed by atoms with Crippen molar-refractivity contribution in [3.63, 3.8) is 0 Å². The summed E-state index contributed by atoms with van der Waals surface area (Å²) >= 11 is 0. The van der Waals surface area contributed by atoms with E-state index in [1.54, 1.807) is 0 Å². The molecule has 214 valence electrons. The lowest BCUT2D eigenvalue weighted by Gasteiger charge is -2.56. The van der Waals surface area contributed by atoms with Gasteiger partial charge in [-0.1, -0.05) is 20.8 Å². The van der Waals surface area contributed by atoms with Gasteiger partial charge >= 0.3 is 0 Å². The molecule has 0 saturated heterocycles. The molecule has 2 bridgehead atoms. The molecule has 0 aliphatic heterocycles. The fraction of sp³-hybridized carbons (Fsp3) is 0.966. The van der Waals surface area contributed by atoms with Crippen LogP contribution in [-0.4, -0.2) is 55.6 Å². The molecule has 10 atom stereocenters. The second kappa shape index (κ2) is 11.4. The van der Waals surface area contributed by atoms with Gasteiger partial charge < -0.3 is 15.2 Å². The topological polar surface area (TPSA) is 113 Å². The van der Waals surface area contributed by atoms with E-state index in [4.69, 9.17) is 9.29 Å². The fourth-order valence-electron chi connectivity index (χ4n) is 9.58. The van der Waals surface area contributed by atoms with E-state index in [0.29, 0.717) is 48.0 Å². The summed E-state index contributed by atoms with van der Waals surface area (Å²) in [5, 5.41) is 14.3. The average Bonchev–Trinajstić information content (AvgIpc) is 3.14. The molecule has 4 aliphatic carbocycles. The summed E-state index contributed by atoms with van der Waals surface area (Å²) in [7, 11) is -2.23. The molecule has 0 spiro atoms. The van der Waals surface area contributed by atoms with Crippen LogP contribution in [0.3, 0.4) is 0 Å². The van der Waals surface area contributed by atoms with Crippen LogP contribution in [0.25, 0.3) is 0 Å². The van der Waals surface area contributed by atoms with Crippen molar-refractivity contribution in [2.75, 3.05) is 19.4 Å². The van der Waals surface area contributed by atoms with Gasteiger partial charge in [-0.15, -0.1) is 0 Å². The molecule has 1 amide bonds. The van der Waals surface area contributed by atoms with Crippen molar-refractivity contribution in [1.29, 1.82) is 0 Å². The maximum absolute atomic E-state index is 12.3. The monoisotopic (exact) mass is 541 g/mol. The largest absolute Gasteiger partial charge is 0.393 e. The molecule has 4 saturated carbocycles. The Labute approximate surface area is 224 Å². The van der Waals surface area contributed by atoms with E-state index in [0.717, 1.165) is 38.5 Å². The highest BCUT2D eigenvalue weighted by atomic mass is 32.2. The minimum atomic E-state index is -4.06. The van der Waals surface area contributed by atoms with Gasteiger partial charge in [0.25, 0.3) is 10.1 Å². The molecular weight excluding hydrogens is 490 g/mol. The third kappa shape index (κ3) is 6.22. The number of carbonyl (C=O) groups excluding carboxylic acids is 1. The van der Waals surface area contributed by atoms with Crippen LogP contribution in [0.1, 0.15) is 97.8 Å². The smallest absolute Gasteiger partial charge is 0.266 e. The minimum Gasteiger partial charge on any atom is -0.393 e. The van der Waals surface area contributed by atoms with Crippen molar-refractivity contribution in [2.24, 2.45) is 46.3 Å². The Bertz CT molecular complexity index is 910. The first kappa shape index (κ1) is 29.3. The van der Waals surface area contributed by atoms with E-state index in [2.05, 4.69) is 26.1 Å². The van der Waals surface area contributed by atoms with Crippen LogP contribution in [0.2, 0.25) is 0 Å². The minimum absolute atomic E-state index is 0.0545. The van der Waals surface area contributed by atoms with Gasteiger partial charge in [0, 0.05) is 20.1 Å². The highest BCUT2D eigenvalue weighted by molar-refractivity contribution is 7.85. The predicted octanol–water partition coefficient (Wildman–Crippen LogP) is 4.83. The number of aliphatic hydroxyl groups is 1. The van der Waals surface area contributed by atoms with Gasteiger partial charge in [0.1, 0.15) is 0 Å². The summed E-state index contributed by atoms with van der Waals surface area (Å²) in [5.74, 6) is 2.45. The fourth-order valence-corrected chi connectivity index (χ4v) is 9.94. The first-order chi connectivity index (χ1) is 17.4. The second-order valence-corrected chi connectivity index (χ2v) is 15.1. The van der Waals surface area contributed by atoms with Crippen molar-refractivity contribution in [1.82, 2.24) is 5.32 Å². The van der Waals surface area contributed by atoms with Crippen molar-refractivity contribution in [3.05, 3.63) is 0 Å². The molecular formula is C29H51NO6S. The molecule has 3 N–H and O–H groups in total. The molecule has 0 aromatic carbocycles. The van der Waals surface area contributed by atoms with Crippen molar-refractivity contribution in [3.8, 4) is 0 Å². The van der Waals surface area contributed by atoms with Crippen LogP contribution in [0.15, 0.2) is 0 Å². The number of aliphatic hydroxyl groups excluding tert-OH is 1. The standard InChI is InChI=1S/C29H51NO6S/c1-19(5-10-27(32)30-15-16-37(33,34)35)24-8-9-25-23-7-6-20(11-13-29(24,25)3)28(2)14-12-22(36-4)17-21(28)18-26(23)31/h19-26,31H,5-18H2,1-4H3,(H,30,32)(H,33,34,35)/t19-,20-,21+,22-,23+,24-,25+,26-,28-,29-/m1/s1. The molecule has 0 radical (unpaired) electrons. The van der Waals surface area contributed by atoms with Crippen molar-refractivity contribution in [2.45, 2.75) is 110 Å². The Morgan fingerprint density at radius 1 is 1.03 bits per heavy atom. The van der Waals surface area contributed by atoms with Gasteiger partial charge in [0.2, 0.25) is 5.91 Å². The number of ether oxygens (including phenoxy) is 1. The number of rotatable bonds is 8. The summed E-state index contributed by atoms with van der Waals surface area (Å²) in [4.78, 5) is 12.3. The number of hydrogen-bond donors (Lipinski definition) is 3. The van der Waals surface area contributed by atoms with E-state index < -0.39 is 15.9 Å². The van der Waals surface area contributed by atoms with Crippen LogP contribution in [0.5, 0.6) is 0 Å². The number of amides is 1. The van der Waals surface area contributed by atoms with Gasteiger partial charge in [-0.3, -0.25) is 9.35 Å². The molecule has 7 nitrogen and oxygen atoms in total.